The molecule has 2 N–H and O–H groups in total. The second kappa shape index (κ2) is 6.35. The number of halogens is 1. The molecule has 1 heterocycles. The Hall–Kier alpha value is -0.420. The summed E-state index contributed by atoms with van der Waals surface area (Å²) in [6.45, 7) is 4.44. The molecule has 1 unspecified atom stereocenters. The summed E-state index contributed by atoms with van der Waals surface area (Å²) in [6.07, 6.45) is 0. The largest absolute Gasteiger partial charge is 0.378 e. The molecule has 1 atom stereocenters. The summed E-state index contributed by atoms with van der Waals surface area (Å²) >= 11 is 3.54. The molecule has 1 aromatic carbocycles. The van der Waals surface area contributed by atoms with Crippen LogP contribution in [0.25, 0.3) is 0 Å². The summed E-state index contributed by atoms with van der Waals surface area (Å²) in [5, 5.41) is 6.86. The molecule has 4 heteroatoms. The normalized spacial score (nSPS) is 20.9. The van der Waals surface area contributed by atoms with Gasteiger partial charge in [-0.1, -0.05) is 34.1 Å². The number of ether oxygens (including phenoxy) is 1. The van der Waals surface area contributed by atoms with Gasteiger partial charge in [0.05, 0.1) is 13.2 Å². The van der Waals surface area contributed by atoms with E-state index in [1.165, 1.54) is 5.56 Å². The highest BCUT2D eigenvalue weighted by molar-refractivity contribution is 9.10. The fourth-order valence-corrected chi connectivity index (χ4v) is 2.20. The fraction of sp³-hybridized carbons (Fsp3) is 0.500. The van der Waals surface area contributed by atoms with Gasteiger partial charge in [-0.05, 0) is 11.6 Å². The molecule has 1 aromatic rings. The van der Waals surface area contributed by atoms with E-state index in [-0.39, 0.29) is 0 Å². The number of hydrogen-bond acceptors (Lipinski definition) is 3. The van der Waals surface area contributed by atoms with Crippen LogP contribution >= 0.6 is 15.9 Å². The minimum Gasteiger partial charge on any atom is -0.378 e. The summed E-state index contributed by atoms with van der Waals surface area (Å²) in [5.41, 5.74) is 1.29. The summed E-state index contributed by atoms with van der Waals surface area (Å²) < 4.78 is 6.56. The summed E-state index contributed by atoms with van der Waals surface area (Å²) in [4.78, 5) is 0. The van der Waals surface area contributed by atoms with Gasteiger partial charge in [-0.3, -0.25) is 0 Å². The van der Waals surface area contributed by atoms with Crippen molar-refractivity contribution in [3.05, 3.63) is 34.3 Å². The Morgan fingerprint density at radius 2 is 2.31 bits per heavy atom. The van der Waals surface area contributed by atoms with E-state index >= 15 is 0 Å². The number of hydrogen-bond donors (Lipinski definition) is 2. The Bertz CT molecular complexity index is 327. The Balaban J connectivity index is 1.73. The predicted molar refractivity (Wildman–Crippen MR) is 68.5 cm³/mol. The average Bonchev–Trinajstić information content (AvgIpc) is 2.33. The zero-order valence-corrected chi connectivity index (χ0v) is 10.8. The maximum absolute atomic E-state index is 5.40. The van der Waals surface area contributed by atoms with Gasteiger partial charge in [0, 0.05) is 30.1 Å². The van der Waals surface area contributed by atoms with Crippen LogP contribution in [0.3, 0.4) is 0 Å². The first-order chi connectivity index (χ1) is 7.86. The Kier molecular flexibility index (Phi) is 4.78. The van der Waals surface area contributed by atoms with Crippen molar-refractivity contribution in [2.75, 3.05) is 26.3 Å². The van der Waals surface area contributed by atoms with E-state index in [0.717, 1.165) is 37.3 Å². The van der Waals surface area contributed by atoms with E-state index in [2.05, 4.69) is 44.8 Å². The van der Waals surface area contributed by atoms with Gasteiger partial charge in [-0.25, -0.2) is 0 Å². The lowest BCUT2D eigenvalue weighted by molar-refractivity contribution is 0.0766. The van der Waals surface area contributed by atoms with Crippen LogP contribution < -0.4 is 10.6 Å². The van der Waals surface area contributed by atoms with E-state index in [1.54, 1.807) is 0 Å². The van der Waals surface area contributed by atoms with E-state index in [0.29, 0.717) is 6.04 Å². The highest BCUT2D eigenvalue weighted by Crippen LogP contribution is 2.15. The minimum absolute atomic E-state index is 0.441. The lowest BCUT2D eigenvalue weighted by Crippen LogP contribution is -2.47. The molecule has 16 heavy (non-hydrogen) atoms. The standard InChI is InChI=1S/C12H17BrN2O/c13-12-4-2-1-3-10(12)7-14-8-11-9-16-6-5-15-11/h1-4,11,14-15H,5-9H2. The van der Waals surface area contributed by atoms with Gasteiger partial charge < -0.3 is 15.4 Å². The van der Waals surface area contributed by atoms with Crippen LogP contribution in [0, 0.1) is 0 Å². The van der Waals surface area contributed by atoms with Crippen molar-refractivity contribution >= 4 is 15.9 Å². The van der Waals surface area contributed by atoms with Crippen LogP contribution in [0.5, 0.6) is 0 Å². The first-order valence-corrected chi connectivity index (χ1v) is 6.41. The van der Waals surface area contributed by atoms with Crippen molar-refractivity contribution in [2.45, 2.75) is 12.6 Å². The molecule has 1 aliphatic rings. The minimum atomic E-state index is 0.441. The zero-order chi connectivity index (χ0) is 11.2. The van der Waals surface area contributed by atoms with Crippen LogP contribution in [0.2, 0.25) is 0 Å². The van der Waals surface area contributed by atoms with Crippen LogP contribution in [0.4, 0.5) is 0 Å². The molecule has 1 saturated heterocycles. The summed E-state index contributed by atoms with van der Waals surface area (Å²) in [6, 6.07) is 8.73. The maximum Gasteiger partial charge on any atom is 0.0632 e. The van der Waals surface area contributed by atoms with E-state index < -0.39 is 0 Å². The third kappa shape index (κ3) is 3.56. The maximum atomic E-state index is 5.40. The molecule has 0 bridgehead atoms. The highest BCUT2D eigenvalue weighted by atomic mass is 79.9. The molecule has 0 aromatic heterocycles. The molecule has 0 amide bonds. The lowest BCUT2D eigenvalue weighted by Gasteiger charge is -2.24. The quantitative estimate of drug-likeness (QED) is 0.880. The van der Waals surface area contributed by atoms with E-state index in [1.807, 2.05) is 6.07 Å². The van der Waals surface area contributed by atoms with Crippen LogP contribution in [-0.4, -0.2) is 32.3 Å². The second-order valence-electron chi connectivity index (χ2n) is 3.95. The molecule has 2 rings (SSSR count). The monoisotopic (exact) mass is 284 g/mol. The van der Waals surface area contributed by atoms with E-state index in [9.17, 15) is 0 Å². The van der Waals surface area contributed by atoms with Gasteiger partial charge in [-0.15, -0.1) is 0 Å². The van der Waals surface area contributed by atoms with Crippen molar-refractivity contribution in [1.82, 2.24) is 10.6 Å². The number of benzene rings is 1. The van der Waals surface area contributed by atoms with Crippen molar-refractivity contribution in [2.24, 2.45) is 0 Å². The van der Waals surface area contributed by atoms with Crippen molar-refractivity contribution in [3.63, 3.8) is 0 Å². The number of morpholine rings is 1. The van der Waals surface area contributed by atoms with Crippen molar-refractivity contribution < 1.29 is 4.74 Å². The third-order valence-corrected chi connectivity index (χ3v) is 3.44. The van der Waals surface area contributed by atoms with Crippen molar-refractivity contribution in [3.8, 4) is 0 Å². The molecular formula is C12H17BrN2O. The van der Waals surface area contributed by atoms with Crippen molar-refractivity contribution in [1.29, 1.82) is 0 Å². The lowest BCUT2D eigenvalue weighted by atomic mass is 10.2. The highest BCUT2D eigenvalue weighted by Gasteiger charge is 2.11. The van der Waals surface area contributed by atoms with Gasteiger partial charge in [0.15, 0.2) is 0 Å². The van der Waals surface area contributed by atoms with Crippen LogP contribution in [0.15, 0.2) is 28.7 Å². The Morgan fingerprint density at radius 1 is 1.44 bits per heavy atom. The topological polar surface area (TPSA) is 33.3 Å². The fourth-order valence-electron chi connectivity index (χ4n) is 1.77. The third-order valence-electron chi connectivity index (χ3n) is 2.66. The summed E-state index contributed by atoms with van der Waals surface area (Å²) in [5.74, 6) is 0. The molecular weight excluding hydrogens is 268 g/mol. The average molecular weight is 285 g/mol. The van der Waals surface area contributed by atoms with Gasteiger partial charge in [-0.2, -0.15) is 0 Å². The first-order valence-electron chi connectivity index (χ1n) is 5.61. The molecule has 1 aliphatic heterocycles. The van der Waals surface area contributed by atoms with Crippen LogP contribution in [-0.2, 0) is 11.3 Å². The molecule has 88 valence electrons. The van der Waals surface area contributed by atoms with Gasteiger partial charge in [0.2, 0.25) is 0 Å². The molecule has 0 radical (unpaired) electrons. The molecule has 0 spiro atoms. The summed E-state index contributed by atoms with van der Waals surface area (Å²) in [7, 11) is 0. The molecule has 0 saturated carbocycles. The molecule has 0 aliphatic carbocycles. The van der Waals surface area contributed by atoms with Gasteiger partial charge in [0.1, 0.15) is 0 Å². The zero-order valence-electron chi connectivity index (χ0n) is 9.21. The molecule has 1 fully saturated rings. The molecule has 3 nitrogen and oxygen atoms in total. The van der Waals surface area contributed by atoms with Gasteiger partial charge in [0.25, 0.3) is 0 Å². The Labute approximate surface area is 105 Å². The van der Waals surface area contributed by atoms with Crippen LogP contribution in [0.1, 0.15) is 5.56 Å². The second-order valence-corrected chi connectivity index (χ2v) is 4.80. The number of nitrogens with one attached hydrogen (secondary N) is 2. The van der Waals surface area contributed by atoms with Gasteiger partial charge >= 0.3 is 0 Å². The smallest absolute Gasteiger partial charge is 0.0632 e. The Morgan fingerprint density at radius 3 is 3.06 bits per heavy atom. The SMILES string of the molecule is Brc1ccccc1CNCC1COCCN1. The first kappa shape index (κ1) is 12.0. The predicted octanol–water partition coefficient (Wildman–Crippen LogP) is 1.53. The number of rotatable bonds is 4. The van der Waals surface area contributed by atoms with E-state index in [4.69, 9.17) is 4.74 Å².